The molecule has 0 aliphatic rings. The van der Waals surface area contributed by atoms with Crippen molar-refractivity contribution in [2.45, 2.75) is 20.0 Å². The van der Waals surface area contributed by atoms with Gasteiger partial charge in [0.05, 0.1) is 23.7 Å². The number of amides is 1. The minimum absolute atomic E-state index is 0.0596. The normalized spacial score (nSPS) is 11.4. The van der Waals surface area contributed by atoms with E-state index in [1.165, 1.54) is 32.5 Å². The van der Waals surface area contributed by atoms with E-state index in [-0.39, 0.29) is 17.4 Å². The second-order valence-corrected chi connectivity index (χ2v) is 9.21. The van der Waals surface area contributed by atoms with E-state index in [0.717, 1.165) is 22.8 Å². The van der Waals surface area contributed by atoms with E-state index < -0.39 is 30.2 Å². The third-order valence-electron chi connectivity index (χ3n) is 6.31. The zero-order valence-corrected chi connectivity index (χ0v) is 22.5. The largest absolute Gasteiger partial charge is 0.496 e. The summed E-state index contributed by atoms with van der Waals surface area (Å²) in [7, 11) is 1.18. The van der Waals surface area contributed by atoms with E-state index in [2.05, 4.69) is 35.3 Å². The molecule has 0 saturated carbocycles. The molecule has 0 atom stereocenters. The van der Waals surface area contributed by atoms with Crippen LogP contribution in [0, 0.1) is 6.92 Å². The summed E-state index contributed by atoms with van der Waals surface area (Å²) in [6.07, 6.45) is -1.70. The Balaban J connectivity index is 1.49. The number of hydrogen-bond donors (Lipinski definition) is 2. The first-order chi connectivity index (χ1) is 20.0. The van der Waals surface area contributed by atoms with Gasteiger partial charge in [0.2, 0.25) is 5.95 Å². The van der Waals surface area contributed by atoms with E-state index in [1.807, 2.05) is 25.1 Å². The van der Waals surface area contributed by atoms with Crippen molar-refractivity contribution in [1.29, 1.82) is 0 Å². The Morgan fingerprint density at radius 1 is 1.00 bits per heavy atom. The first kappa shape index (κ1) is 28.2. The molecule has 0 fully saturated rings. The molecular weight excluding hydrogens is 553 g/mol. The third-order valence-corrected chi connectivity index (χ3v) is 6.31. The fourth-order valence-corrected chi connectivity index (χ4v) is 4.42. The average Bonchev–Trinajstić information content (AvgIpc) is 2.95. The maximum absolute atomic E-state index is 13.6. The lowest BCUT2D eigenvalue weighted by Crippen LogP contribution is -2.21. The van der Waals surface area contributed by atoms with Crippen LogP contribution in [0.4, 0.5) is 30.6 Å². The third kappa shape index (κ3) is 5.89. The number of aromatic nitrogens is 4. The average molecular weight is 577 g/mol. The van der Waals surface area contributed by atoms with Crippen LogP contribution in [-0.4, -0.2) is 45.5 Å². The van der Waals surface area contributed by atoms with Crippen molar-refractivity contribution in [3.63, 3.8) is 0 Å². The minimum atomic E-state index is -4.60. The summed E-state index contributed by atoms with van der Waals surface area (Å²) in [6, 6.07) is 12.9. The van der Waals surface area contributed by atoms with Crippen LogP contribution in [-0.2, 0) is 20.5 Å². The lowest BCUT2D eigenvalue weighted by atomic mass is 9.96. The van der Waals surface area contributed by atoms with Crippen molar-refractivity contribution < 1.29 is 32.2 Å². The van der Waals surface area contributed by atoms with Gasteiger partial charge in [0.15, 0.2) is 6.61 Å². The molecule has 1 amide bonds. The summed E-state index contributed by atoms with van der Waals surface area (Å²) < 4.78 is 50.2. The molecule has 214 valence electrons. The molecule has 2 aromatic heterocycles. The van der Waals surface area contributed by atoms with E-state index in [0.29, 0.717) is 27.6 Å². The zero-order chi connectivity index (χ0) is 30.0. The summed E-state index contributed by atoms with van der Waals surface area (Å²) in [4.78, 5) is 40.2. The molecule has 0 radical (unpaired) electrons. The molecule has 2 heterocycles. The molecule has 0 spiro atoms. The molecule has 10 nitrogen and oxygen atoms in total. The van der Waals surface area contributed by atoms with E-state index in [1.54, 1.807) is 18.3 Å². The highest BCUT2D eigenvalue weighted by Crippen LogP contribution is 2.39. The minimum Gasteiger partial charge on any atom is -0.496 e. The Hall–Kier alpha value is -5.33. The molecule has 0 aliphatic heterocycles. The van der Waals surface area contributed by atoms with Gasteiger partial charge in [-0.2, -0.15) is 13.2 Å². The summed E-state index contributed by atoms with van der Waals surface area (Å²) in [5.41, 5.74) is 2.93. The second kappa shape index (κ2) is 11.3. The van der Waals surface area contributed by atoms with Gasteiger partial charge < -0.3 is 14.8 Å². The number of anilines is 3. The number of methoxy groups -OCH3 is 1. The number of alkyl halides is 3. The summed E-state index contributed by atoms with van der Waals surface area (Å²) in [5, 5.41) is 6.76. The molecule has 0 aliphatic carbocycles. The van der Waals surface area contributed by atoms with Gasteiger partial charge in [-0.25, -0.2) is 19.9 Å². The van der Waals surface area contributed by atoms with Gasteiger partial charge in [0.1, 0.15) is 17.9 Å². The van der Waals surface area contributed by atoms with E-state index in [4.69, 9.17) is 4.74 Å². The van der Waals surface area contributed by atoms with Crippen LogP contribution in [0.25, 0.3) is 32.9 Å². The maximum atomic E-state index is 13.6. The molecule has 5 rings (SSSR count). The molecule has 5 aromatic rings. The molecule has 0 unspecified atom stereocenters. The molecule has 42 heavy (non-hydrogen) atoms. The van der Waals surface area contributed by atoms with Crippen molar-refractivity contribution in [3.8, 4) is 16.9 Å². The Bertz CT molecular complexity index is 1840. The summed E-state index contributed by atoms with van der Waals surface area (Å²) >= 11 is 0. The Morgan fingerprint density at radius 2 is 1.81 bits per heavy atom. The summed E-state index contributed by atoms with van der Waals surface area (Å²) in [6.45, 7) is 2.68. The first-order valence-electron chi connectivity index (χ1n) is 12.5. The van der Waals surface area contributed by atoms with Gasteiger partial charge in [-0.3, -0.25) is 14.9 Å². The number of nitrogens with one attached hydrogen (secondary N) is 2. The number of ether oxygens (including phenoxy) is 2. The van der Waals surface area contributed by atoms with Crippen molar-refractivity contribution in [2.24, 2.45) is 0 Å². The fourth-order valence-electron chi connectivity index (χ4n) is 4.42. The Kier molecular flexibility index (Phi) is 7.57. The van der Waals surface area contributed by atoms with Gasteiger partial charge >= 0.3 is 12.1 Å². The fraction of sp³-hybridized carbons (Fsp3) is 0.172. The molecule has 0 saturated heterocycles. The highest BCUT2D eigenvalue weighted by Gasteiger charge is 2.34. The number of carbonyl (C=O) groups is 2. The van der Waals surface area contributed by atoms with Gasteiger partial charge in [0.25, 0.3) is 5.91 Å². The molecular formula is C29H23F3N6O4. The Labute approximate surface area is 236 Å². The number of aryl methyl sites for hydroxylation is 1. The number of halogens is 3. The quantitative estimate of drug-likeness (QED) is 0.230. The smallest absolute Gasteiger partial charge is 0.420 e. The van der Waals surface area contributed by atoms with E-state index >= 15 is 0 Å². The highest BCUT2D eigenvalue weighted by atomic mass is 19.4. The van der Waals surface area contributed by atoms with Crippen LogP contribution >= 0.6 is 0 Å². The van der Waals surface area contributed by atoms with Crippen molar-refractivity contribution in [3.05, 3.63) is 72.2 Å². The molecule has 2 N–H and O–H groups in total. The molecule has 13 heteroatoms. The zero-order valence-electron chi connectivity index (χ0n) is 22.5. The van der Waals surface area contributed by atoms with E-state index in [9.17, 15) is 22.8 Å². The number of hydrogen-bond acceptors (Lipinski definition) is 9. The van der Waals surface area contributed by atoms with Crippen LogP contribution in [0.1, 0.15) is 18.1 Å². The molecule has 0 bridgehead atoms. The van der Waals surface area contributed by atoms with Gasteiger partial charge in [0, 0.05) is 35.1 Å². The predicted octanol–water partition coefficient (Wildman–Crippen LogP) is 5.82. The van der Waals surface area contributed by atoms with Crippen LogP contribution in [0.2, 0.25) is 0 Å². The van der Waals surface area contributed by atoms with Crippen LogP contribution in [0.5, 0.6) is 5.75 Å². The predicted molar refractivity (Wildman–Crippen MR) is 149 cm³/mol. The molecule has 3 aromatic carbocycles. The number of esters is 1. The summed E-state index contributed by atoms with van der Waals surface area (Å²) in [5.74, 6) is -1.04. The SMILES string of the molecule is COc1ccc(Nc2ncnc3c(-c4ccc5nc(NC(=O)COC(C)=O)ncc5c4)c(C)ccc23)cc1C(F)(F)F. The van der Waals surface area contributed by atoms with Crippen LogP contribution in [0.3, 0.4) is 0 Å². The Morgan fingerprint density at radius 3 is 2.55 bits per heavy atom. The van der Waals surface area contributed by atoms with Crippen LogP contribution in [0.15, 0.2) is 61.1 Å². The number of rotatable bonds is 7. The van der Waals surface area contributed by atoms with Gasteiger partial charge in [-0.15, -0.1) is 0 Å². The lowest BCUT2D eigenvalue weighted by molar-refractivity contribution is -0.145. The number of benzene rings is 3. The number of carbonyl (C=O) groups excluding carboxylic acids is 2. The lowest BCUT2D eigenvalue weighted by Gasteiger charge is -2.16. The highest BCUT2D eigenvalue weighted by molar-refractivity contribution is 6.02. The van der Waals surface area contributed by atoms with Crippen molar-refractivity contribution in [2.75, 3.05) is 24.4 Å². The van der Waals surface area contributed by atoms with Crippen molar-refractivity contribution >= 4 is 51.1 Å². The standard InChI is InChI=1S/C29H23F3N6O4/c1-15-4-7-20-26(34-14-35-27(20)36-19-6-9-23(41-3)21(11-19)29(30,31)32)25(15)17-5-8-22-18(10-17)12-33-28(37-22)38-24(40)13-42-16(2)39/h4-12,14H,13H2,1-3H3,(H,34,35,36)(H,33,37,38,40). The van der Waals surface area contributed by atoms with Crippen molar-refractivity contribution in [1.82, 2.24) is 19.9 Å². The van der Waals surface area contributed by atoms with Gasteiger partial charge in [-0.1, -0.05) is 12.1 Å². The maximum Gasteiger partial charge on any atom is 0.420 e. The number of nitrogens with zero attached hydrogens (tertiary/aromatic N) is 4. The van der Waals surface area contributed by atoms with Crippen LogP contribution < -0.4 is 15.4 Å². The number of fused-ring (bicyclic) bond motifs is 2. The first-order valence-corrected chi connectivity index (χ1v) is 12.5. The van der Waals surface area contributed by atoms with Gasteiger partial charge in [-0.05, 0) is 54.4 Å². The topological polar surface area (TPSA) is 128 Å². The second-order valence-electron chi connectivity index (χ2n) is 9.21. The monoisotopic (exact) mass is 576 g/mol.